The molecular formula is C9H8N2O2. The molecule has 0 radical (unpaired) electrons. The van der Waals surface area contributed by atoms with E-state index < -0.39 is 5.91 Å². The van der Waals surface area contributed by atoms with Gasteiger partial charge in [0, 0.05) is 11.6 Å². The molecule has 0 aliphatic heterocycles. The minimum absolute atomic E-state index is 0.373. The zero-order chi connectivity index (χ0) is 9.26. The SMILES string of the molecule is O=C(NO)c1[nH]cc2ccccc12. The van der Waals surface area contributed by atoms with Gasteiger partial charge in [-0.2, -0.15) is 0 Å². The third-order valence-electron chi connectivity index (χ3n) is 1.93. The van der Waals surface area contributed by atoms with Gasteiger partial charge in [-0.3, -0.25) is 10.0 Å². The van der Waals surface area contributed by atoms with Crippen molar-refractivity contribution < 1.29 is 10.0 Å². The van der Waals surface area contributed by atoms with Gasteiger partial charge in [-0.05, 0) is 5.39 Å². The highest BCUT2D eigenvalue weighted by molar-refractivity contribution is 6.05. The number of aromatic nitrogens is 1. The van der Waals surface area contributed by atoms with Crippen LogP contribution in [0, 0.1) is 0 Å². The molecule has 13 heavy (non-hydrogen) atoms. The van der Waals surface area contributed by atoms with Gasteiger partial charge in [0.05, 0.1) is 0 Å². The smallest absolute Gasteiger partial charge is 0.291 e. The molecule has 1 aromatic carbocycles. The second kappa shape index (κ2) is 2.91. The first kappa shape index (κ1) is 7.82. The first-order chi connectivity index (χ1) is 6.33. The van der Waals surface area contributed by atoms with Crippen molar-refractivity contribution in [3.63, 3.8) is 0 Å². The fraction of sp³-hybridized carbons (Fsp3) is 0. The fourth-order valence-electron chi connectivity index (χ4n) is 1.32. The molecule has 3 N–H and O–H groups in total. The van der Waals surface area contributed by atoms with Crippen LogP contribution in [0.3, 0.4) is 0 Å². The number of H-pyrrole nitrogens is 1. The molecule has 0 unspecified atom stereocenters. The van der Waals surface area contributed by atoms with Gasteiger partial charge >= 0.3 is 0 Å². The van der Waals surface area contributed by atoms with E-state index in [0.29, 0.717) is 5.69 Å². The largest absolute Gasteiger partial charge is 0.356 e. The molecule has 4 nitrogen and oxygen atoms in total. The third-order valence-corrected chi connectivity index (χ3v) is 1.93. The molecule has 0 aliphatic rings. The minimum atomic E-state index is -0.527. The van der Waals surface area contributed by atoms with Crippen LogP contribution < -0.4 is 5.48 Å². The number of rotatable bonds is 1. The highest BCUT2D eigenvalue weighted by atomic mass is 16.5. The van der Waals surface area contributed by atoms with Crippen LogP contribution in [0.5, 0.6) is 0 Å². The summed E-state index contributed by atoms with van der Waals surface area (Å²) in [5.74, 6) is -0.527. The van der Waals surface area contributed by atoms with E-state index in [2.05, 4.69) is 4.98 Å². The lowest BCUT2D eigenvalue weighted by Crippen LogP contribution is -2.19. The van der Waals surface area contributed by atoms with E-state index in [-0.39, 0.29) is 0 Å². The molecule has 66 valence electrons. The summed E-state index contributed by atoms with van der Waals surface area (Å²) >= 11 is 0. The number of benzene rings is 1. The number of carbonyl (C=O) groups is 1. The summed E-state index contributed by atoms with van der Waals surface area (Å²) in [4.78, 5) is 13.9. The quantitative estimate of drug-likeness (QED) is 0.452. The zero-order valence-corrected chi connectivity index (χ0v) is 6.74. The lowest BCUT2D eigenvalue weighted by atomic mass is 10.2. The van der Waals surface area contributed by atoms with Gasteiger partial charge in [0.15, 0.2) is 0 Å². The zero-order valence-electron chi connectivity index (χ0n) is 6.74. The Balaban J connectivity index is 2.64. The number of hydrogen-bond donors (Lipinski definition) is 3. The van der Waals surface area contributed by atoms with E-state index in [0.717, 1.165) is 10.8 Å². The summed E-state index contributed by atoms with van der Waals surface area (Å²) < 4.78 is 0. The minimum Gasteiger partial charge on any atom is -0.356 e. The van der Waals surface area contributed by atoms with E-state index in [4.69, 9.17) is 5.21 Å². The predicted octanol–water partition coefficient (Wildman–Crippen LogP) is 1.29. The van der Waals surface area contributed by atoms with Gasteiger partial charge in [-0.1, -0.05) is 24.3 Å². The maximum Gasteiger partial charge on any atom is 0.291 e. The number of aromatic amines is 1. The summed E-state index contributed by atoms with van der Waals surface area (Å²) in [7, 11) is 0. The Labute approximate surface area is 74.1 Å². The van der Waals surface area contributed by atoms with Crippen molar-refractivity contribution in [1.29, 1.82) is 0 Å². The monoisotopic (exact) mass is 176 g/mol. The van der Waals surface area contributed by atoms with Gasteiger partial charge in [0.2, 0.25) is 0 Å². The normalized spacial score (nSPS) is 10.2. The van der Waals surface area contributed by atoms with Crippen molar-refractivity contribution >= 4 is 16.7 Å². The average Bonchev–Trinajstić information content (AvgIpc) is 2.60. The Bertz CT molecular complexity index is 448. The van der Waals surface area contributed by atoms with Gasteiger partial charge < -0.3 is 4.98 Å². The molecule has 4 heteroatoms. The lowest BCUT2D eigenvalue weighted by molar-refractivity contribution is 0.0703. The van der Waals surface area contributed by atoms with Crippen molar-refractivity contribution in [3.8, 4) is 0 Å². The van der Waals surface area contributed by atoms with Crippen LogP contribution >= 0.6 is 0 Å². The molecule has 2 rings (SSSR count). The van der Waals surface area contributed by atoms with Gasteiger partial charge in [0.25, 0.3) is 5.91 Å². The van der Waals surface area contributed by atoms with Crippen molar-refractivity contribution in [3.05, 3.63) is 36.2 Å². The van der Waals surface area contributed by atoms with Crippen molar-refractivity contribution in [2.45, 2.75) is 0 Å². The number of fused-ring (bicyclic) bond motifs is 1. The van der Waals surface area contributed by atoms with Gasteiger partial charge in [0.1, 0.15) is 5.69 Å². The van der Waals surface area contributed by atoms with Crippen LogP contribution in [0.15, 0.2) is 30.5 Å². The Morgan fingerprint density at radius 3 is 2.92 bits per heavy atom. The molecule has 1 heterocycles. The molecule has 0 saturated heterocycles. The van der Waals surface area contributed by atoms with Crippen molar-refractivity contribution in [2.75, 3.05) is 0 Å². The van der Waals surface area contributed by atoms with Crippen LogP contribution in [0.2, 0.25) is 0 Å². The fourth-order valence-corrected chi connectivity index (χ4v) is 1.32. The van der Waals surface area contributed by atoms with Crippen LogP contribution in [0.4, 0.5) is 0 Å². The van der Waals surface area contributed by atoms with Crippen molar-refractivity contribution in [2.24, 2.45) is 0 Å². The molecule has 0 bridgehead atoms. The summed E-state index contributed by atoms with van der Waals surface area (Å²) in [5, 5.41) is 10.2. The molecule has 2 aromatic rings. The van der Waals surface area contributed by atoms with Crippen molar-refractivity contribution in [1.82, 2.24) is 10.5 Å². The second-order valence-corrected chi connectivity index (χ2v) is 2.69. The topological polar surface area (TPSA) is 65.1 Å². The Morgan fingerprint density at radius 2 is 2.15 bits per heavy atom. The highest BCUT2D eigenvalue weighted by Gasteiger charge is 2.09. The molecular weight excluding hydrogens is 168 g/mol. The molecule has 0 spiro atoms. The molecule has 1 aromatic heterocycles. The van der Waals surface area contributed by atoms with Crippen LogP contribution in [0.25, 0.3) is 10.8 Å². The third kappa shape index (κ3) is 1.17. The summed E-state index contributed by atoms with van der Waals surface area (Å²) in [6.45, 7) is 0. The van der Waals surface area contributed by atoms with Crippen LogP contribution in [-0.2, 0) is 0 Å². The van der Waals surface area contributed by atoms with Gasteiger partial charge in [-0.15, -0.1) is 0 Å². The first-order valence-corrected chi connectivity index (χ1v) is 3.83. The molecule has 1 amide bonds. The Kier molecular flexibility index (Phi) is 1.75. The molecule has 0 saturated carbocycles. The number of carbonyl (C=O) groups excluding carboxylic acids is 1. The molecule has 0 fully saturated rings. The standard InChI is InChI=1S/C9H8N2O2/c12-9(11-13)8-7-4-2-1-3-6(7)5-10-8/h1-5,10,13H,(H,11,12). The number of hydroxylamine groups is 1. The summed E-state index contributed by atoms with van der Waals surface area (Å²) in [5.41, 5.74) is 1.96. The van der Waals surface area contributed by atoms with E-state index in [1.165, 1.54) is 0 Å². The van der Waals surface area contributed by atoms with E-state index in [1.807, 2.05) is 24.3 Å². The second-order valence-electron chi connectivity index (χ2n) is 2.69. The first-order valence-electron chi connectivity index (χ1n) is 3.83. The molecule has 0 atom stereocenters. The van der Waals surface area contributed by atoms with Crippen LogP contribution in [0.1, 0.15) is 10.5 Å². The summed E-state index contributed by atoms with van der Waals surface area (Å²) in [6.07, 6.45) is 1.72. The van der Waals surface area contributed by atoms with Crippen LogP contribution in [-0.4, -0.2) is 16.1 Å². The Morgan fingerprint density at radius 1 is 1.38 bits per heavy atom. The average molecular weight is 176 g/mol. The number of nitrogens with one attached hydrogen (secondary N) is 2. The Hall–Kier alpha value is -1.81. The van der Waals surface area contributed by atoms with Gasteiger partial charge in [-0.25, -0.2) is 5.48 Å². The maximum absolute atomic E-state index is 11.1. The highest BCUT2D eigenvalue weighted by Crippen LogP contribution is 2.17. The molecule has 0 aliphatic carbocycles. The lowest BCUT2D eigenvalue weighted by Gasteiger charge is -1.95. The predicted molar refractivity (Wildman–Crippen MR) is 47.6 cm³/mol. The summed E-state index contributed by atoms with van der Waals surface area (Å²) in [6, 6.07) is 7.43. The van der Waals surface area contributed by atoms with E-state index in [1.54, 1.807) is 11.7 Å². The van der Waals surface area contributed by atoms with E-state index in [9.17, 15) is 4.79 Å². The maximum atomic E-state index is 11.1. The number of hydrogen-bond acceptors (Lipinski definition) is 2. The number of amides is 1. The van der Waals surface area contributed by atoms with E-state index >= 15 is 0 Å².